The average molecular weight is 533 g/mol. The number of fused-ring (bicyclic) bond motifs is 8. The molecule has 39 heavy (non-hydrogen) atoms. The van der Waals surface area contributed by atoms with Crippen LogP contribution in [0.15, 0.2) is 54.6 Å². The van der Waals surface area contributed by atoms with Crippen molar-refractivity contribution in [1.82, 2.24) is 0 Å². The molecule has 3 saturated carbocycles. The second-order valence-electron chi connectivity index (χ2n) is 14.2. The van der Waals surface area contributed by atoms with Gasteiger partial charge in [0.2, 0.25) is 0 Å². The van der Waals surface area contributed by atoms with Crippen LogP contribution in [-0.4, -0.2) is 18.3 Å². The molecule has 3 bridgehead atoms. The largest absolute Gasteiger partial charge is 0.495 e. The zero-order valence-electron chi connectivity index (χ0n) is 23.6. The highest BCUT2D eigenvalue weighted by Gasteiger charge is 2.64. The highest BCUT2D eigenvalue weighted by atomic mass is 32.1. The third-order valence-corrected chi connectivity index (χ3v) is 13.2. The van der Waals surface area contributed by atoms with E-state index in [9.17, 15) is 0 Å². The molecule has 4 heteroatoms. The van der Waals surface area contributed by atoms with E-state index in [2.05, 4.69) is 82.3 Å². The lowest BCUT2D eigenvalue weighted by Gasteiger charge is -2.61. The standard InChI is InChI=1S/C35H37BO2S/c1-33(2)34(3,4)38-36(37-33)27-10-7-9-23-24-16-17-29-30(25-8-5-6-11-28(25)39-29)32(24)35(31(23)27)22-15-14-21-13-12-20(18-22)19-26(21)35/h5-11,16-17,20-22,26H,12-15,18-19H2,1-4H3. The Bertz CT molecular complexity index is 1660. The van der Waals surface area contributed by atoms with Gasteiger partial charge in [0, 0.05) is 25.6 Å². The predicted molar refractivity (Wildman–Crippen MR) is 163 cm³/mol. The molecule has 1 aliphatic heterocycles. The minimum absolute atomic E-state index is 0.0496. The van der Waals surface area contributed by atoms with E-state index in [4.69, 9.17) is 9.31 Å². The molecule has 198 valence electrons. The van der Waals surface area contributed by atoms with Crippen molar-refractivity contribution < 1.29 is 9.31 Å². The van der Waals surface area contributed by atoms with E-state index in [1.807, 2.05) is 11.3 Å². The van der Waals surface area contributed by atoms with E-state index < -0.39 is 0 Å². The topological polar surface area (TPSA) is 18.5 Å². The minimum Gasteiger partial charge on any atom is -0.399 e. The summed E-state index contributed by atoms with van der Waals surface area (Å²) in [6.07, 6.45) is 8.38. The smallest absolute Gasteiger partial charge is 0.399 e. The van der Waals surface area contributed by atoms with E-state index in [1.165, 1.54) is 69.9 Å². The Balaban J connectivity index is 1.39. The van der Waals surface area contributed by atoms with Crippen molar-refractivity contribution >= 4 is 44.1 Å². The van der Waals surface area contributed by atoms with Crippen LogP contribution in [-0.2, 0) is 14.7 Å². The van der Waals surface area contributed by atoms with Crippen molar-refractivity contribution in [1.29, 1.82) is 0 Å². The average Bonchev–Trinajstić information content (AvgIpc) is 3.49. The fraction of sp³-hybridized carbons (Fsp3) is 0.486. The van der Waals surface area contributed by atoms with Crippen LogP contribution in [0.4, 0.5) is 0 Å². The zero-order valence-corrected chi connectivity index (χ0v) is 24.4. The zero-order chi connectivity index (χ0) is 26.3. The van der Waals surface area contributed by atoms with Gasteiger partial charge in [0.05, 0.1) is 11.2 Å². The fourth-order valence-electron chi connectivity index (χ4n) is 9.89. The van der Waals surface area contributed by atoms with Gasteiger partial charge in [-0.2, -0.15) is 0 Å². The first-order valence-electron chi connectivity index (χ1n) is 15.2. The molecule has 5 unspecified atom stereocenters. The molecule has 1 aromatic heterocycles. The van der Waals surface area contributed by atoms with Crippen molar-refractivity contribution in [3.8, 4) is 11.1 Å². The Morgan fingerprint density at radius 1 is 0.744 bits per heavy atom. The van der Waals surface area contributed by atoms with Gasteiger partial charge in [-0.3, -0.25) is 0 Å². The van der Waals surface area contributed by atoms with Crippen molar-refractivity contribution in [3.63, 3.8) is 0 Å². The van der Waals surface area contributed by atoms with E-state index in [0.717, 1.165) is 11.8 Å². The molecular weight excluding hydrogens is 495 g/mol. The molecule has 2 nitrogen and oxygen atoms in total. The minimum atomic E-state index is -0.350. The maximum Gasteiger partial charge on any atom is 0.495 e. The number of hydrogen-bond donors (Lipinski definition) is 0. The van der Waals surface area contributed by atoms with E-state index >= 15 is 0 Å². The summed E-state index contributed by atoms with van der Waals surface area (Å²) < 4.78 is 16.5. The van der Waals surface area contributed by atoms with E-state index in [-0.39, 0.29) is 23.7 Å². The number of thiophene rings is 1. The molecule has 5 atom stereocenters. The molecule has 3 aromatic carbocycles. The summed E-state index contributed by atoms with van der Waals surface area (Å²) >= 11 is 1.98. The first-order valence-corrected chi connectivity index (χ1v) is 16.1. The fourth-order valence-corrected chi connectivity index (χ4v) is 11.0. The van der Waals surface area contributed by atoms with Gasteiger partial charge in [0.1, 0.15) is 0 Å². The second-order valence-corrected chi connectivity index (χ2v) is 15.3. The summed E-state index contributed by atoms with van der Waals surface area (Å²) in [4.78, 5) is 0. The Hall–Kier alpha value is -2.14. The molecule has 1 spiro atoms. The molecule has 5 aliphatic rings. The summed E-state index contributed by atoms with van der Waals surface area (Å²) in [6.45, 7) is 8.76. The molecular formula is C35H37BO2S. The van der Waals surface area contributed by atoms with Crippen LogP contribution in [0, 0.1) is 23.7 Å². The molecule has 2 heterocycles. The Kier molecular flexibility index (Phi) is 4.58. The molecule has 1 saturated heterocycles. The summed E-state index contributed by atoms with van der Waals surface area (Å²) in [7, 11) is -0.328. The Morgan fingerprint density at radius 3 is 2.36 bits per heavy atom. The maximum absolute atomic E-state index is 6.81. The van der Waals surface area contributed by atoms with Crippen LogP contribution in [0.3, 0.4) is 0 Å². The van der Waals surface area contributed by atoms with Crippen molar-refractivity contribution in [2.24, 2.45) is 23.7 Å². The number of hydrogen-bond acceptors (Lipinski definition) is 3. The molecule has 4 aromatic rings. The van der Waals surface area contributed by atoms with Crippen LogP contribution in [0.25, 0.3) is 31.3 Å². The summed E-state index contributed by atoms with van der Waals surface area (Å²) in [5.41, 5.74) is 6.81. The first-order chi connectivity index (χ1) is 18.8. The summed E-state index contributed by atoms with van der Waals surface area (Å²) in [5.74, 6) is 3.11. The third-order valence-electron chi connectivity index (χ3n) is 12.1. The first kappa shape index (κ1) is 23.6. The number of rotatable bonds is 1. The van der Waals surface area contributed by atoms with E-state index in [0.29, 0.717) is 11.8 Å². The molecule has 0 N–H and O–H groups in total. The van der Waals surface area contributed by atoms with Crippen LogP contribution in [0.2, 0.25) is 0 Å². The lowest BCUT2D eigenvalue weighted by molar-refractivity contribution is -0.0311. The molecule has 0 amide bonds. The van der Waals surface area contributed by atoms with Gasteiger partial charge in [0.25, 0.3) is 0 Å². The quantitative estimate of drug-likeness (QED) is 0.229. The highest BCUT2D eigenvalue weighted by molar-refractivity contribution is 7.25. The predicted octanol–water partition coefficient (Wildman–Crippen LogP) is 8.47. The van der Waals surface area contributed by atoms with Crippen molar-refractivity contribution in [2.75, 3.05) is 0 Å². The van der Waals surface area contributed by atoms with Crippen LogP contribution in [0.1, 0.15) is 77.3 Å². The van der Waals surface area contributed by atoms with E-state index in [1.54, 1.807) is 16.5 Å². The van der Waals surface area contributed by atoms with Gasteiger partial charge in [-0.05, 0) is 123 Å². The monoisotopic (exact) mass is 532 g/mol. The maximum atomic E-state index is 6.81. The second kappa shape index (κ2) is 7.57. The van der Waals surface area contributed by atoms with Gasteiger partial charge in [-0.15, -0.1) is 11.3 Å². The van der Waals surface area contributed by atoms with Gasteiger partial charge in [-0.1, -0.05) is 48.9 Å². The lowest BCUT2D eigenvalue weighted by Crippen LogP contribution is -2.57. The van der Waals surface area contributed by atoms with Crippen LogP contribution in [0.5, 0.6) is 0 Å². The van der Waals surface area contributed by atoms with Crippen molar-refractivity contribution in [2.45, 2.75) is 82.8 Å². The molecule has 9 rings (SSSR count). The summed E-state index contributed by atoms with van der Waals surface area (Å²) in [5, 5.41) is 2.99. The highest BCUT2D eigenvalue weighted by Crippen LogP contribution is 2.70. The molecule has 4 aliphatic carbocycles. The van der Waals surface area contributed by atoms with Crippen LogP contribution >= 0.6 is 11.3 Å². The van der Waals surface area contributed by atoms with Crippen molar-refractivity contribution in [3.05, 3.63) is 65.7 Å². The van der Waals surface area contributed by atoms with Gasteiger partial charge >= 0.3 is 7.12 Å². The lowest BCUT2D eigenvalue weighted by atomic mass is 9.42. The molecule has 0 radical (unpaired) electrons. The SMILES string of the molecule is CC1(C)OB(c2cccc3c2C2(c4c-3ccc3sc5ccccc5c43)C3CCC4CCC(C3)CC42)OC1(C)C. The number of benzene rings is 3. The van der Waals surface area contributed by atoms with Gasteiger partial charge in [0.15, 0.2) is 0 Å². The van der Waals surface area contributed by atoms with Crippen LogP contribution < -0.4 is 5.46 Å². The van der Waals surface area contributed by atoms with Gasteiger partial charge < -0.3 is 9.31 Å². The Morgan fingerprint density at radius 2 is 1.51 bits per heavy atom. The molecule has 4 fully saturated rings. The van der Waals surface area contributed by atoms with Gasteiger partial charge in [-0.25, -0.2) is 0 Å². The Labute approximate surface area is 236 Å². The normalized spacial score (nSPS) is 33.3. The third kappa shape index (κ3) is 2.82. The summed E-state index contributed by atoms with van der Waals surface area (Å²) in [6, 6.07) is 21.1.